The van der Waals surface area contributed by atoms with Gasteiger partial charge < -0.3 is 21.3 Å². The minimum Gasteiger partial charge on any atom is -0.370 e. The third-order valence-electron chi connectivity index (χ3n) is 5.67. The lowest BCUT2D eigenvalue weighted by molar-refractivity contribution is -0.132. The molecule has 0 bridgehead atoms. The zero-order valence-electron chi connectivity index (χ0n) is 18.6. The average Bonchev–Trinajstić information content (AvgIpc) is 3.31. The van der Waals surface area contributed by atoms with Crippen molar-refractivity contribution in [1.29, 1.82) is 0 Å². The number of nitrogens with one attached hydrogen (secondary N) is 2. The number of amides is 3. The maximum absolute atomic E-state index is 12.6. The molecule has 0 aliphatic carbocycles. The van der Waals surface area contributed by atoms with Crippen LogP contribution in [-0.2, 0) is 20.8 Å². The summed E-state index contributed by atoms with van der Waals surface area (Å²) in [4.78, 5) is 37.6. The van der Waals surface area contributed by atoms with Crippen LogP contribution in [0.4, 0.5) is 0 Å². The number of aryl methyl sites for hydroxylation is 1. The highest BCUT2D eigenvalue weighted by Crippen LogP contribution is 2.12. The molecule has 0 unspecified atom stereocenters. The van der Waals surface area contributed by atoms with Crippen LogP contribution in [0.25, 0.3) is 0 Å². The molecule has 1 aromatic carbocycles. The second-order valence-corrected chi connectivity index (χ2v) is 8.29. The van der Waals surface area contributed by atoms with E-state index >= 15 is 0 Å². The van der Waals surface area contributed by atoms with E-state index in [-0.39, 0.29) is 30.2 Å². The van der Waals surface area contributed by atoms with E-state index in [9.17, 15) is 14.4 Å². The fourth-order valence-corrected chi connectivity index (χ4v) is 3.87. The SMILES string of the molecule is NC(=O)CC[C@H](NCCCCCC(=O)NCCCc1ccccc1)C(=O)N1CCCC1. The van der Waals surface area contributed by atoms with Crippen LogP contribution in [0.2, 0.25) is 0 Å². The van der Waals surface area contributed by atoms with Crippen LogP contribution >= 0.6 is 0 Å². The molecule has 0 aromatic heterocycles. The Labute approximate surface area is 186 Å². The van der Waals surface area contributed by atoms with E-state index in [1.807, 2.05) is 23.1 Å². The van der Waals surface area contributed by atoms with Crippen molar-refractivity contribution >= 4 is 17.7 Å². The molecule has 1 heterocycles. The van der Waals surface area contributed by atoms with Crippen molar-refractivity contribution < 1.29 is 14.4 Å². The molecule has 1 fully saturated rings. The normalized spacial score (nSPS) is 14.4. The molecule has 1 aliphatic rings. The quantitative estimate of drug-likeness (QED) is 0.371. The Morgan fingerprint density at radius 2 is 1.68 bits per heavy atom. The van der Waals surface area contributed by atoms with Gasteiger partial charge in [-0.05, 0) is 57.1 Å². The van der Waals surface area contributed by atoms with Crippen LogP contribution in [0.1, 0.15) is 63.4 Å². The first-order valence-electron chi connectivity index (χ1n) is 11.7. The number of nitrogens with zero attached hydrogens (tertiary/aromatic N) is 1. The molecule has 7 nitrogen and oxygen atoms in total. The Balaban J connectivity index is 1.53. The van der Waals surface area contributed by atoms with E-state index in [4.69, 9.17) is 5.73 Å². The number of hydrogen-bond donors (Lipinski definition) is 3. The molecule has 7 heteroatoms. The lowest BCUT2D eigenvalue weighted by Crippen LogP contribution is -2.46. The number of primary amides is 1. The number of carbonyl (C=O) groups excluding carboxylic acids is 3. The number of nitrogens with two attached hydrogens (primary N) is 1. The molecule has 1 aliphatic heterocycles. The second-order valence-electron chi connectivity index (χ2n) is 8.29. The molecule has 3 amide bonds. The summed E-state index contributed by atoms with van der Waals surface area (Å²) in [5.74, 6) is -0.200. The smallest absolute Gasteiger partial charge is 0.239 e. The van der Waals surface area contributed by atoms with Crippen LogP contribution in [0.15, 0.2) is 30.3 Å². The van der Waals surface area contributed by atoms with Crippen molar-refractivity contribution in [2.24, 2.45) is 5.73 Å². The van der Waals surface area contributed by atoms with Crippen molar-refractivity contribution in [3.63, 3.8) is 0 Å². The van der Waals surface area contributed by atoms with Crippen molar-refractivity contribution in [3.05, 3.63) is 35.9 Å². The summed E-state index contributed by atoms with van der Waals surface area (Å²) >= 11 is 0. The van der Waals surface area contributed by atoms with E-state index in [1.165, 1.54) is 5.56 Å². The van der Waals surface area contributed by atoms with E-state index in [1.54, 1.807) is 0 Å². The van der Waals surface area contributed by atoms with E-state index < -0.39 is 0 Å². The van der Waals surface area contributed by atoms with Crippen LogP contribution in [0.3, 0.4) is 0 Å². The van der Waals surface area contributed by atoms with Crippen molar-refractivity contribution in [2.45, 2.75) is 70.3 Å². The van der Waals surface area contributed by atoms with Gasteiger partial charge in [-0.3, -0.25) is 14.4 Å². The largest absolute Gasteiger partial charge is 0.370 e. The predicted molar refractivity (Wildman–Crippen MR) is 122 cm³/mol. The van der Waals surface area contributed by atoms with Gasteiger partial charge >= 0.3 is 0 Å². The second kappa shape index (κ2) is 14.6. The minimum absolute atomic E-state index is 0.0774. The van der Waals surface area contributed by atoms with Gasteiger partial charge in [-0.15, -0.1) is 0 Å². The van der Waals surface area contributed by atoms with Gasteiger partial charge in [-0.1, -0.05) is 36.8 Å². The van der Waals surface area contributed by atoms with Crippen LogP contribution in [0, 0.1) is 0 Å². The Hall–Kier alpha value is -2.41. The highest BCUT2D eigenvalue weighted by Gasteiger charge is 2.26. The molecule has 0 radical (unpaired) electrons. The van der Waals surface area contributed by atoms with Gasteiger partial charge in [-0.25, -0.2) is 0 Å². The number of hydrogen-bond acceptors (Lipinski definition) is 4. The number of rotatable bonds is 15. The molecule has 0 saturated carbocycles. The summed E-state index contributed by atoms with van der Waals surface area (Å²) in [6.07, 6.45) is 7.83. The standard InChI is InChI=1S/C24H38N4O3/c25-22(29)15-14-21(24(31)28-18-7-8-19-28)26-16-6-2-5-13-23(30)27-17-9-12-20-10-3-1-4-11-20/h1,3-4,10-11,21,26H,2,5-9,12-19H2,(H2,25,29)(H,27,30)/t21-/m0/s1. The van der Waals surface area contributed by atoms with E-state index in [0.29, 0.717) is 25.9 Å². The molecule has 4 N–H and O–H groups in total. The maximum Gasteiger partial charge on any atom is 0.239 e. The lowest BCUT2D eigenvalue weighted by atomic mass is 10.1. The Morgan fingerprint density at radius 3 is 2.39 bits per heavy atom. The lowest BCUT2D eigenvalue weighted by Gasteiger charge is -2.24. The number of likely N-dealkylation sites (tertiary alicyclic amines) is 1. The topological polar surface area (TPSA) is 105 Å². The highest BCUT2D eigenvalue weighted by atomic mass is 16.2. The number of benzene rings is 1. The molecule has 1 saturated heterocycles. The van der Waals surface area contributed by atoms with Gasteiger partial charge in [0.2, 0.25) is 17.7 Å². The van der Waals surface area contributed by atoms with Crippen LogP contribution < -0.4 is 16.4 Å². The van der Waals surface area contributed by atoms with Crippen molar-refractivity contribution in [2.75, 3.05) is 26.2 Å². The summed E-state index contributed by atoms with van der Waals surface area (Å²) in [6.45, 7) is 3.00. The average molecular weight is 431 g/mol. The van der Waals surface area contributed by atoms with Gasteiger partial charge in [-0.2, -0.15) is 0 Å². The highest BCUT2D eigenvalue weighted by molar-refractivity contribution is 5.83. The zero-order chi connectivity index (χ0) is 22.3. The van der Waals surface area contributed by atoms with Crippen LogP contribution in [0.5, 0.6) is 0 Å². The molecule has 1 atom stereocenters. The Bertz CT molecular complexity index is 675. The molecule has 172 valence electrons. The monoisotopic (exact) mass is 430 g/mol. The fourth-order valence-electron chi connectivity index (χ4n) is 3.87. The first-order chi connectivity index (χ1) is 15.1. The van der Waals surface area contributed by atoms with Gasteiger partial charge in [0.15, 0.2) is 0 Å². The first-order valence-corrected chi connectivity index (χ1v) is 11.7. The Kier molecular flexibility index (Phi) is 11.7. The molecule has 31 heavy (non-hydrogen) atoms. The maximum atomic E-state index is 12.6. The molecule has 1 aromatic rings. The van der Waals surface area contributed by atoms with Gasteiger partial charge in [0.25, 0.3) is 0 Å². The predicted octanol–water partition coefficient (Wildman–Crippen LogP) is 2.14. The molecular formula is C24H38N4O3. The zero-order valence-corrected chi connectivity index (χ0v) is 18.6. The number of carbonyl (C=O) groups is 3. The van der Waals surface area contributed by atoms with Gasteiger partial charge in [0, 0.05) is 32.5 Å². The first kappa shape index (κ1) is 24.9. The molecule has 0 spiro atoms. The summed E-state index contributed by atoms with van der Waals surface area (Å²) in [5, 5.41) is 6.28. The van der Waals surface area contributed by atoms with Crippen molar-refractivity contribution in [3.8, 4) is 0 Å². The van der Waals surface area contributed by atoms with Crippen molar-refractivity contribution in [1.82, 2.24) is 15.5 Å². The summed E-state index contributed by atoms with van der Waals surface area (Å²) < 4.78 is 0. The fraction of sp³-hybridized carbons (Fsp3) is 0.625. The summed E-state index contributed by atoms with van der Waals surface area (Å²) in [6, 6.07) is 9.93. The molecular weight excluding hydrogens is 392 g/mol. The van der Waals surface area contributed by atoms with Gasteiger partial charge in [0.05, 0.1) is 6.04 Å². The van der Waals surface area contributed by atoms with E-state index in [0.717, 1.165) is 58.0 Å². The third-order valence-corrected chi connectivity index (χ3v) is 5.67. The Morgan fingerprint density at radius 1 is 0.935 bits per heavy atom. The third kappa shape index (κ3) is 10.4. The summed E-state index contributed by atoms with van der Waals surface area (Å²) in [5.41, 5.74) is 6.55. The van der Waals surface area contributed by atoms with E-state index in [2.05, 4.69) is 22.8 Å². The number of unbranched alkanes of at least 4 members (excludes halogenated alkanes) is 2. The summed E-state index contributed by atoms with van der Waals surface area (Å²) in [7, 11) is 0. The molecule has 2 rings (SSSR count). The minimum atomic E-state index is -0.379. The van der Waals surface area contributed by atoms with Crippen LogP contribution in [-0.4, -0.2) is 54.8 Å². The van der Waals surface area contributed by atoms with Gasteiger partial charge in [0.1, 0.15) is 0 Å².